The van der Waals surface area contributed by atoms with Gasteiger partial charge in [-0.3, -0.25) is 5.43 Å². The van der Waals surface area contributed by atoms with Crippen molar-refractivity contribution in [2.75, 3.05) is 5.43 Å². The van der Waals surface area contributed by atoms with Crippen LogP contribution in [-0.4, -0.2) is 19.1 Å². The standard InChI is InChI=1S/C17H12BrN5O2S2/c18-12-3-1-11(2-4-12)16-10-26-17(21-16)15(9-19)23-22-13-5-7-14(8-6-13)27(20,24)25/h1-8,10,22H,(H2,20,24,25)/b23-15+. The highest BCUT2D eigenvalue weighted by Crippen LogP contribution is 2.24. The Balaban J connectivity index is 1.79. The van der Waals surface area contributed by atoms with Gasteiger partial charge in [0.25, 0.3) is 0 Å². The van der Waals surface area contributed by atoms with Crippen LogP contribution in [0.15, 0.2) is 68.4 Å². The molecule has 0 fully saturated rings. The molecule has 0 spiro atoms. The lowest BCUT2D eigenvalue weighted by molar-refractivity contribution is 0.598. The molecule has 0 saturated carbocycles. The van der Waals surface area contributed by atoms with Gasteiger partial charge in [0.2, 0.25) is 10.0 Å². The summed E-state index contributed by atoms with van der Waals surface area (Å²) in [7, 11) is -3.75. The second kappa shape index (κ2) is 7.98. The Morgan fingerprint density at radius 1 is 1.19 bits per heavy atom. The maximum Gasteiger partial charge on any atom is 0.238 e. The van der Waals surface area contributed by atoms with Crippen LogP contribution < -0.4 is 10.6 Å². The number of anilines is 1. The molecule has 3 rings (SSSR count). The first-order valence-electron chi connectivity index (χ1n) is 7.45. The maximum absolute atomic E-state index is 11.3. The van der Waals surface area contributed by atoms with E-state index in [1.807, 2.05) is 35.7 Å². The number of primary sulfonamides is 1. The van der Waals surface area contributed by atoms with E-state index in [-0.39, 0.29) is 10.6 Å². The summed E-state index contributed by atoms with van der Waals surface area (Å²) in [6, 6.07) is 15.4. The van der Waals surface area contributed by atoms with Crippen LogP contribution in [0.1, 0.15) is 5.01 Å². The lowest BCUT2D eigenvalue weighted by atomic mass is 10.2. The van der Waals surface area contributed by atoms with Crippen molar-refractivity contribution >= 4 is 48.7 Å². The van der Waals surface area contributed by atoms with Crippen molar-refractivity contribution in [2.45, 2.75) is 4.90 Å². The first-order valence-corrected chi connectivity index (χ1v) is 10.7. The quantitative estimate of drug-likeness (QED) is 0.444. The molecular weight excluding hydrogens is 450 g/mol. The summed E-state index contributed by atoms with van der Waals surface area (Å²) in [5, 5.41) is 20.8. The molecule has 0 bridgehead atoms. The number of hydrazone groups is 1. The molecule has 27 heavy (non-hydrogen) atoms. The highest BCUT2D eigenvalue weighted by molar-refractivity contribution is 9.10. The predicted octanol–water partition coefficient (Wildman–Crippen LogP) is 3.56. The zero-order valence-corrected chi connectivity index (χ0v) is 16.8. The Morgan fingerprint density at radius 2 is 1.85 bits per heavy atom. The Hall–Kier alpha value is -2.58. The van der Waals surface area contributed by atoms with Crippen molar-refractivity contribution in [2.24, 2.45) is 10.2 Å². The van der Waals surface area contributed by atoms with Gasteiger partial charge >= 0.3 is 0 Å². The predicted molar refractivity (Wildman–Crippen MR) is 109 cm³/mol. The fourth-order valence-electron chi connectivity index (χ4n) is 2.10. The fraction of sp³-hybridized carbons (Fsp3) is 0. The molecule has 7 nitrogen and oxygen atoms in total. The molecule has 0 saturated heterocycles. The number of aromatic nitrogens is 1. The van der Waals surface area contributed by atoms with Crippen LogP contribution in [-0.2, 0) is 10.0 Å². The van der Waals surface area contributed by atoms with Crippen LogP contribution in [0.3, 0.4) is 0 Å². The highest BCUT2D eigenvalue weighted by Gasteiger charge is 2.11. The number of hydrogen-bond acceptors (Lipinski definition) is 7. The van der Waals surface area contributed by atoms with E-state index in [4.69, 9.17) is 5.14 Å². The molecule has 0 unspecified atom stereocenters. The molecule has 0 atom stereocenters. The molecular formula is C17H12BrN5O2S2. The van der Waals surface area contributed by atoms with Gasteiger partial charge in [-0.1, -0.05) is 28.1 Å². The normalized spacial score (nSPS) is 11.8. The van der Waals surface area contributed by atoms with Crippen LogP contribution in [0.2, 0.25) is 0 Å². The van der Waals surface area contributed by atoms with E-state index < -0.39 is 10.0 Å². The average Bonchev–Trinajstić information content (AvgIpc) is 3.12. The van der Waals surface area contributed by atoms with Crippen LogP contribution in [0, 0.1) is 11.3 Å². The second-order valence-electron chi connectivity index (χ2n) is 5.30. The van der Waals surface area contributed by atoms with Gasteiger partial charge in [0.1, 0.15) is 6.07 Å². The lowest BCUT2D eigenvalue weighted by Crippen LogP contribution is -2.11. The third-order valence-corrected chi connectivity index (χ3v) is 5.74. The summed E-state index contributed by atoms with van der Waals surface area (Å²) in [6.07, 6.45) is 0. The fourth-order valence-corrected chi connectivity index (χ4v) is 3.64. The van der Waals surface area contributed by atoms with E-state index in [1.165, 1.54) is 35.6 Å². The maximum atomic E-state index is 11.3. The van der Waals surface area contributed by atoms with Gasteiger partial charge in [0.05, 0.1) is 16.3 Å². The smallest absolute Gasteiger partial charge is 0.238 e. The molecule has 0 radical (unpaired) electrons. The zero-order valence-electron chi connectivity index (χ0n) is 13.6. The van der Waals surface area contributed by atoms with Crippen molar-refractivity contribution in [1.82, 2.24) is 4.98 Å². The summed E-state index contributed by atoms with van der Waals surface area (Å²) in [5.41, 5.74) is 5.04. The van der Waals surface area contributed by atoms with Gasteiger partial charge in [0, 0.05) is 15.4 Å². The van der Waals surface area contributed by atoms with Gasteiger partial charge in [-0.2, -0.15) is 10.4 Å². The van der Waals surface area contributed by atoms with E-state index in [2.05, 4.69) is 31.4 Å². The molecule has 10 heteroatoms. The van der Waals surface area contributed by atoms with Crippen LogP contribution in [0.4, 0.5) is 5.69 Å². The number of nitrogens with zero attached hydrogens (tertiary/aromatic N) is 3. The molecule has 136 valence electrons. The molecule has 0 aliphatic heterocycles. The Morgan fingerprint density at radius 3 is 2.44 bits per heavy atom. The minimum atomic E-state index is -3.75. The summed E-state index contributed by atoms with van der Waals surface area (Å²) in [6.45, 7) is 0. The van der Waals surface area contributed by atoms with E-state index >= 15 is 0 Å². The minimum absolute atomic E-state index is 0.00315. The van der Waals surface area contributed by atoms with Crippen molar-refractivity contribution in [3.63, 3.8) is 0 Å². The Labute approximate surface area is 168 Å². The van der Waals surface area contributed by atoms with Gasteiger partial charge < -0.3 is 0 Å². The molecule has 2 aromatic carbocycles. The number of halogens is 1. The van der Waals surface area contributed by atoms with Gasteiger partial charge in [-0.25, -0.2) is 18.5 Å². The van der Waals surface area contributed by atoms with Crippen molar-refractivity contribution in [3.05, 3.63) is 63.4 Å². The van der Waals surface area contributed by atoms with Crippen molar-refractivity contribution < 1.29 is 8.42 Å². The van der Waals surface area contributed by atoms with E-state index in [0.29, 0.717) is 10.7 Å². The first kappa shape index (κ1) is 19.2. The number of nitrogens with one attached hydrogen (secondary N) is 1. The number of rotatable bonds is 5. The largest absolute Gasteiger partial charge is 0.277 e. The number of nitrogens with two attached hydrogens (primary N) is 1. The van der Waals surface area contributed by atoms with Gasteiger partial charge in [-0.15, -0.1) is 11.3 Å². The van der Waals surface area contributed by atoms with E-state index in [0.717, 1.165) is 15.7 Å². The molecule has 1 aromatic heterocycles. The highest BCUT2D eigenvalue weighted by atomic mass is 79.9. The molecule has 1 heterocycles. The monoisotopic (exact) mass is 461 g/mol. The topological polar surface area (TPSA) is 121 Å². The molecule has 0 aliphatic carbocycles. The number of nitriles is 1. The first-order chi connectivity index (χ1) is 12.9. The molecule has 0 amide bonds. The number of hydrogen-bond donors (Lipinski definition) is 2. The number of sulfonamides is 1. The van der Waals surface area contributed by atoms with E-state index in [9.17, 15) is 13.7 Å². The second-order valence-corrected chi connectivity index (χ2v) is 8.63. The van der Waals surface area contributed by atoms with Crippen LogP contribution in [0.25, 0.3) is 11.3 Å². The number of benzene rings is 2. The van der Waals surface area contributed by atoms with Gasteiger partial charge in [0.15, 0.2) is 10.7 Å². The summed E-state index contributed by atoms with van der Waals surface area (Å²) < 4.78 is 23.5. The van der Waals surface area contributed by atoms with Crippen molar-refractivity contribution in [3.8, 4) is 17.3 Å². The molecule has 3 aromatic rings. The number of thiazole rings is 1. The average molecular weight is 462 g/mol. The van der Waals surface area contributed by atoms with Crippen molar-refractivity contribution in [1.29, 1.82) is 5.26 Å². The Kier molecular flexibility index (Phi) is 5.67. The molecule has 0 aliphatic rings. The van der Waals surface area contributed by atoms with Crippen LogP contribution >= 0.6 is 27.3 Å². The summed E-state index contributed by atoms with van der Waals surface area (Å²) >= 11 is 4.70. The third-order valence-electron chi connectivity index (χ3n) is 3.43. The molecule has 3 N–H and O–H groups in total. The third kappa shape index (κ3) is 4.78. The SMILES string of the molecule is N#C/C(=N\Nc1ccc(S(N)(=O)=O)cc1)c1nc(-c2ccc(Br)cc2)cs1. The minimum Gasteiger partial charge on any atom is -0.277 e. The zero-order chi connectivity index (χ0) is 19.4. The van der Waals surface area contributed by atoms with Crippen LogP contribution in [0.5, 0.6) is 0 Å². The summed E-state index contributed by atoms with van der Waals surface area (Å²) in [5.74, 6) is 0. The summed E-state index contributed by atoms with van der Waals surface area (Å²) in [4.78, 5) is 4.45. The Bertz CT molecular complexity index is 1130. The lowest BCUT2D eigenvalue weighted by Gasteiger charge is -2.02. The van der Waals surface area contributed by atoms with E-state index in [1.54, 1.807) is 0 Å². The van der Waals surface area contributed by atoms with Gasteiger partial charge in [-0.05, 0) is 36.4 Å².